The Hall–Kier alpha value is -1.92. The van der Waals surface area contributed by atoms with Gasteiger partial charge in [0.25, 0.3) is 5.69 Å². The smallest absolute Gasteiger partial charge is 0.274 e. The van der Waals surface area contributed by atoms with Crippen LogP contribution in [0.15, 0.2) is 35.0 Å². The standard InChI is InChI=1S/C13H14N2O3S/c1-9-11(3-2-4-12(9)15(17)18)14-7-13(16)10-5-6-19-8-10/h2-6,8,13-14,16H,7H2,1H3. The Morgan fingerprint density at radius 3 is 2.89 bits per heavy atom. The number of benzene rings is 1. The number of thiophene rings is 1. The van der Waals surface area contributed by atoms with Gasteiger partial charge in [-0.3, -0.25) is 10.1 Å². The fourth-order valence-corrected chi connectivity index (χ4v) is 2.51. The number of aliphatic hydroxyl groups excluding tert-OH is 1. The van der Waals surface area contributed by atoms with Crippen LogP contribution in [0, 0.1) is 17.0 Å². The molecule has 0 saturated heterocycles. The van der Waals surface area contributed by atoms with Gasteiger partial charge < -0.3 is 10.4 Å². The lowest BCUT2D eigenvalue weighted by atomic mass is 10.1. The van der Waals surface area contributed by atoms with E-state index in [2.05, 4.69) is 5.32 Å². The summed E-state index contributed by atoms with van der Waals surface area (Å²) >= 11 is 1.52. The molecule has 0 aliphatic rings. The molecule has 0 saturated carbocycles. The number of hydrogen-bond donors (Lipinski definition) is 2. The first kappa shape index (κ1) is 13.5. The molecule has 6 heteroatoms. The minimum Gasteiger partial charge on any atom is -0.387 e. The van der Waals surface area contributed by atoms with Crippen molar-refractivity contribution in [3.63, 3.8) is 0 Å². The predicted octanol–water partition coefficient (Wildman–Crippen LogP) is 3.11. The number of aliphatic hydroxyl groups is 1. The summed E-state index contributed by atoms with van der Waals surface area (Å²) in [5, 5.41) is 27.6. The van der Waals surface area contributed by atoms with Crippen LogP contribution in [0.25, 0.3) is 0 Å². The first-order valence-electron chi connectivity index (χ1n) is 5.77. The molecule has 0 spiro atoms. The van der Waals surface area contributed by atoms with Crippen molar-refractivity contribution in [2.45, 2.75) is 13.0 Å². The van der Waals surface area contributed by atoms with Gasteiger partial charge in [-0.1, -0.05) is 6.07 Å². The lowest BCUT2D eigenvalue weighted by Crippen LogP contribution is -2.12. The van der Waals surface area contributed by atoms with Gasteiger partial charge in [0.05, 0.1) is 11.0 Å². The zero-order valence-corrected chi connectivity index (χ0v) is 11.2. The summed E-state index contributed by atoms with van der Waals surface area (Å²) in [7, 11) is 0. The topological polar surface area (TPSA) is 75.4 Å². The second-order valence-electron chi connectivity index (χ2n) is 4.16. The molecule has 1 unspecified atom stereocenters. The predicted molar refractivity (Wildman–Crippen MR) is 75.6 cm³/mol. The first-order chi connectivity index (χ1) is 9.09. The second-order valence-corrected chi connectivity index (χ2v) is 4.94. The maximum atomic E-state index is 10.8. The Morgan fingerprint density at radius 2 is 2.26 bits per heavy atom. The van der Waals surface area contributed by atoms with Gasteiger partial charge in [-0.25, -0.2) is 0 Å². The highest BCUT2D eigenvalue weighted by molar-refractivity contribution is 7.07. The zero-order chi connectivity index (χ0) is 13.8. The fourth-order valence-electron chi connectivity index (χ4n) is 1.80. The molecular weight excluding hydrogens is 264 g/mol. The van der Waals surface area contributed by atoms with E-state index in [0.29, 0.717) is 17.8 Å². The normalized spacial score (nSPS) is 12.1. The van der Waals surface area contributed by atoms with Gasteiger partial charge in [0.2, 0.25) is 0 Å². The molecule has 2 N–H and O–H groups in total. The van der Waals surface area contributed by atoms with Crippen molar-refractivity contribution in [1.82, 2.24) is 0 Å². The van der Waals surface area contributed by atoms with Gasteiger partial charge in [0.15, 0.2) is 0 Å². The van der Waals surface area contributed by atoms with E-state index in [1.54, 1.807) is 19.1 Å². The lowest BCUT2D eigenvalue weighted by molar-refractivity contribution is -0.385. The third-order valence-corrected chi connectivity index (χ3v) is 3.62. The van der Waals surface area contributed by atoms with E-state index in [4.69, 9.17) is 0 Å². The van der Waals surface area contributed by atoms with Crippen LogP contribution in [0.4, 0.5) is 11.4 Å². The summed E-state index contributed by atoms with van der Waals surface area (Å²) in [5.74, 6) is 0. The van der Waals surface area contributed by atoms with Crippen LogP contribution in [-0.2, 0) is 0 Å². The average molecular weight is 278 g/mol. The summed E-state index contributed by atoms with van der Waals surface area (Å²) in [6, 6.07) is 6.72. The van der Waals surface area contributed by atoms with E-state index in [9.17, 15) is 15.2 Å². The molecule has 1 aromatic carbocycles. The Balaban J connectivity index is 2.08. The van der Waals surface area contributed by atoms with Crippen LogP contribution in [0.1, 0.15) is 17.2 Å². The molecule has 0 fully saturated rings. The fraction of sp³-hybridized carbons (Fsp3) is 0.231. The SMILES string of the molecule is Cc1c(NCC(O)c2ccsc2)cccc1[N+](=O)[O-]. The van der Waals surface area contributed by atoms with Crippen LogP contribution in [0.5, 0.6) is 0 Å². The zero-order valence-electron chi connectivity index (χ0n) is 10.4. The second kappa shape index (κ2) is 5.81. The molecule has 0 radical (unpaired) electrons. The molecule has 100 valence electrons. The van der Waals surface area contributed by atoms with E-state index in [1.165, 1.54) is 17.4 Å². The number of nitro benzene ring substituents is 1. The van der Waals surface area contributed by atoms with Crippen molar-refractivity contribution in [3.05, 3.63) is 56.3 Å². The van der Waals surface area contributed by atoms with Crippen LogP contribution in [-0.4, -0.2) is 16.6 Å². The van der Waals surface area contributed by atoms with Gasteiger partial charge in [0.1, 0.15) is 0 Å². The van der Waals surface area contributed by atoms with Crippen LogP contribution in [0.2, 0.25) is 0 Å². The maximum absolute atomic E-state index is 10.8. The third kappa shape index (κ3) is 3.10. The van der Waals surface area contributed by atoms with Crippen molar-refractivity contribution in [2.24, 2.45) is 0 Å². The Kier molecular flexibility index (Phi) is 4.13. The largest absolute Gasteiger partial charge is 0.387 e. The molecule has 5 nitrogen and oxygen atoms in total. The molecule has 0 amide bonds. The van der Waals surface area contributed by atoms with Crippen molar-refractivity contribution in [1.29, 1.82) is 0 Å². The number of rotatable bonds is 5. The van der Waals surface area contributed by atoms with Crippen LogP contribution in [0.3, 0.4) is 0 Å². The molecule has 2 rings (SSSR count). The monoisotopic (exact) mass is 278 g/mol. The summed E-state index contributed by atoms with van der Waals surface area (Å²) in [6.07, 6.45) is -0.620. The quantitative estimate of drug-likeness (QED) is 0.651. The number of nitrogens with zero attached hydrogens (tertiary/aromatic N) is 1. The van der Waals surface area contributed by atoms with E-state index in [-0.39, 0.29) is 5.69 Å². The molecule has 1 aromatic heterocycles. The van der Waals surface area contributed by atoms with Gasteiger partial charge in [-0.05, 0) is 35.4 Å². The van der Waals surface area contributed by atoms with Gasteiger partial charge >= 0.3 is 0 Å². The van der Waals surface area contributed by atoms with E-state index < -0.39 is 11.0 Å². The third-order valence-electron chi connectivity index (χ3n) is 2.92. The van der Waals surface area contributed by atoms with Crippen LogP contribution >= 0.6 is 11.3 Å². The lowest BCUT2D eigenvalue weighted by Gasteiger charge is -2.13. The minimum absolute atomic E-state index is 0.0787. The molecule has 1 heterocycles. The summed E-state index contributed by atoms with van der Waals surface area (Å²) in [6.45, 7) is 2.01. The molecule has 1 atom stereocenters. The van der Waals surface area contributed by atoms with Crippen molar-refractivity contribution in [3.8, 4) is 0 Å². The van der Waals surface area contributed by atoms with E-state index in [1.807, 2.05) is 16.8 Å². The van der Waals surface area contributed by atoms with E-state index in [0.717, 1.165) is 5.56 Å². The Morgan fingerprint density at radius 1 is 1.47 bits per heavy atom. The number of nitrogens with one attached hydrogen (secondary N) is 1. The first-order valence-corrected chi connectivity index (χ1v) is 6.72. The number of nitro groups is 1. The van der Waals surface area contributed by atoms with Gasteiger partial charge in [-0.2, -0.15) is 11.3 Å². The summed E-state index contributed by atoms with van der Waals surface area (Å²) in [5.41, 5.74) is 2.17. The van der Waals surface area contributed by atoms with Crippen molar-refractivity contribution < 1.29 is 10.0 Å². The minimum atomic E-state index is -0.620. The number of anilines is 1. The number of hydrogen-bond acceptors (Lipinski definition) is 5. The molecule has 0 aliphatic carbocycles. The summed E-state index contributed by atoms with van der Waals surface area (Å²) in [4.78, 5) is 10.4. The van der Waals surface area contributed by atoms with Crippen molar-refractivity contribution in [2.75, 3.05) is 11.9 Å². The van der Waals surface area contributed by atoms with Gasteiger partial charge in [-0.15, -0.1) is 0 Å². The molecule has 0 aliphatic heterocycles. The highest BCUT2D eigenvalue weighted by Gasteiger charge is 2.14. The van der Waals surface area contributed by atoms with Crippen LogP contribution < -0.4 is 5.32 Å². The molecular formula is C13H14N2O3S. The van der Waals surface area contributed by atoms with Crippen molar-refractivity contribution >= 4 is 22.7 Å². The molecule has 19 heavy (non-hydrogen) atoms. The van der Waals surface area contributed by atoms with Gasteiger partial charge in [0, 0.05) is 23.9 Å². The maximum Gasteiger partial charge on any atom is 0.274 e. The Labute approximate surface area is 114 Å². The molecule has 2 aromatic rings. The molecule has 0 bridgehead atoms. The highest BCUT2D eigenvalue weighted by atomic mass is 32.1. The average Bonchev–Trinajstić information content (AvgIpc) is 2.90. The summed E-state index contributed by atoms with van der Waals surface area (Å²) < 4.78 is 0. The Bertz CT molecular complexity index is 569. The van der Waals surface area contributed by atoms with E-state index >= 15 is 0 Å². The highest BCUT2D eigenvalue weighted by Crippen LogP contribution is 2.26.